The zero-order chi connectivity index (χ0) is 45.0. The summed E-state index contributed by atoms with van der Waals surface area (Å²) in [5, 5.41) is 45.7. The molecule has 0 bridgehead atoms. The fourth-order valence-electron chi connectivity index (χ4n) is 8.94. The van der Waals surface area contributed by atoms with Crippen molar-refractivity contribution in [1.29, 1.82) is 0 Å². The molecule has 0 saturated carbocycles. The number of esters is 1. The molecule has 6 N–H and O–H groups in total. The molecular weight excluding hydrogens is 775 g/mol. The van der Waals surface area contributed by atoms with Crippen molar-refractivity contribution < 1.29 is 63.2 Å². The molecule has 3 heterocycles. The second-order valence-electron chi connectivity index (χ2n) is 17.3. The van der Waals surface area contributed by atoms with Gasteiger partial charge < -0.3 is 59.3 Å². The number of carbonyl (C=O) groups excluding carboxylic acids is 2. The number of primary amides is 1. The van der Waals surface area contributed by atoms with Gasteiger partial charge in [0.2, 0.25) is 5.76 Å². The van der Waals surface area contributed by atoms with Crippen LogP contribution in [0.4, 0.5) is 4.79 Å². The standard InChI is InChI=1S/C46H75NO13/c1-13-16-34-28(7)36(58-39-22-33(48)44(31(10)56-39)60-46(47)53)23-37(57-34)29(8)42(51)30(9)43-35(54-11)18-15-17-24(3)19-26(5)40(49)32(14-2)41(50)27(6)20-25(4)21-38(55-12)45(52)59-43/h13,15-18,20-21,26-37,39-44,48-51H,14,19,22-23H2,1-12H3,(H2,47,53)/b16-13+,18-15+,24-17+,25-20+,38-21-/t26-,27-,28-,29-,30+,31+,32+,33+,34-,35+,36-,37-,39-,40+,41-,42+,43-,44+/m1/s1. The first-order valence-corrected chi connectivity index (χ1v) is 21.6. The average Bonchev–Trinajstić information content (AvgIpc) is 3.19. The van der Waals surface area contributed by atoms with Crippen LogP contribution in [0.5, 0.6) is 0 Å². The normalized spacial score (nSPS) is 41.4. The van der Waals surface area contributed by atoms with E-state index in [4.69, 9.17) is 38.9 Å². The van der Waals surface area contributed by atoms with Crippen LogP contribution in [0.1, 0.15) is 94.9 Å². The van der Waals surface area contributed by atoms with Gasteiger partial charge in [-0.05, 0) is 52.5 Å². The third-order valence-corrected chi connectivity index (χ3v) is 12.6. The summed E-state index contributed by atoms with van der Waals surface area (Å²) in [6.45, 7) is 18.9. The van der Waals surface area contributed by atoms with Gasteiger partial charge in [-0.2, -0.15) is 0 Å². The number of hydrogen-bond acceptors (Lipinski definition) is 13. The summed E-state index contributed by atoms with van der Waals surface area (Å²) < 4.78 is 41.9. The molecule has 18 atom stereocenters. The second kappa shape index (κ2) is 23.9. The van der Waals surface area contributed by atoms with E-state index in [-0.39, 0.29) is 42.0 Å². The van der Waals surface area contributed by atoms with Crippen LogP contribution in [-0.2, 0) is 38.0 Å². The molecule has 0 radical (unpaired) electrons. The molecule has 342 valence electrons. The summed E-state index contributed by atoms with van der Waals surface area (Å²) in [6, 6.07) is 0. The van der Waals surface area contributed by atoms with E-state index in [1.165, 1.54) is 14.2 Å². The highest BCUT2D eigenvalue weighted by Crippen LogP contribution is 2.38. The molecule has 60 heavy (non-hydrogen) atoms. The molecule has 0 unspecified atom stereocenters. The Morgan fingerprint density at radius 1 is 1.03 bits per heavy atom. The first-order valence-electron chi connectivity index (χ1n) is 21.6. The van der Waals surface area contributed by atoms with E-state index in [0.29, 0.717) is 24.8 Å². The number of aliphatic hydroxyl groups excluding tert-OH is 4. The van der Waals surface area contributed by atoms with Crippen molar-refractivity contribution in [2.45, 2.75) is 168 Å². The lowest BCUT2D eigenvalue weighted by Gasteiger charge is -2.46. The molecule has 3 aliphatic rings. The Bertz CT molecular complexity index is 1510. The minimum atomic E-state index is -1.07. The number of ether oxygens (including phenoxy) is 7. The van der Waals surface area contributed by atoms with Gasteiger partial charge in [-0.3, -0.25) is 0 Å². The topological polar surface area (TPSA) is 206 Å². The van der Waals surface area contributed by atoms with E-state index in [9.17, 15) is 30.0 Å². The fraction of sp³-hybridized carbons (Fsp3) is 0.739. The first-order chi connectivity index (χ1) is 28.3. The van der Waals surface area contributed by atoms with Crippen LogP contribution >= 0.6 is 0 Å². The van der Waals surface area contributed by atoms with Crippen LogP contribution in [0.15, 0.2) is 59.4 Å². The fourth-order valence-corrected chi connectivity index (χ4v) is 8.94. The molecular formula is C46H75NO13. The van der Waals surface area contributed by atoms with Gasteiger partial charge in [0.15, 0.2) is 12.4 Å². The Kier molecular flexibility index (Phi) is 20.5. The number of rotatable bonds is 11. The number of carbonyl (C=O) groups is 2. The molecule has 14 nitrogen and oxygen atoms in total. The van der Waals surface area contributed by atoms with Gasteiger partial charge >= 0.3 is 12.1 Å². The Morgan fingerprint density at radius 2 is 1.72 bits per heavy atom. The minimum Gasteiger partial charge on any atom is -0.490 e. The summed E-state index contributed by atoms with van der Waals surface area (Å²) >= 11 is 0. The van der Waals surface area contributed by atoms with Crippen LogP contribution < -0.4 is 5.73 Å². The minimum absolute atomic E-state index is 0.0583. The average molecular weight is 850 g/mol. The monoisotopic (exact) mass is 850 g/mol. The molecule has 3 aliphatic heterocycles. The summed E-state index contributed by atoms with van der Waals surface area (Å²) in [6.07, 6.45) is 4.25. The van der Waals surface area contributed by atoms with Gasteiger partial charge in [-0.1, -0.05) is 89.1 Å². The molecule has 3 rings (SSSR count). The van der Waals surface area contributed by atoms with Gasteiger partial charge in [0, 0.05) is 49.5 Å². The van der Waals surface area contributed by atoms with Crippen molar-refractivity contribution in [1.82, 2.24) is 0 Å². The van der Waals surface area contributed by atoms with Gasteiger partial charge in [0.1, 0.15) is 12.2 Å². The summed E-state index contributed by atoms with van der Waals surface area (Å²) in [5.74, 6) is -2.97. The lowest BCUT2D eigenvalue weighted by molar-refractivity contribution is -0.279. The summed E-state index contributed by atoms with van der Waals surface area (Å²) in [5.41, 5.74) is 6.87. The number of cyclic esters (lactones) is 1. The molecule has 1 amide bonds. The predicted molar refractivity (Wildman–Crippen MR) is 227 cm³/mol. The molecule has 0 aliphatic carbocycles. The summed E-state index contributed by atoms with van der Waals surface area (Å²) in [4.78, 5) is 25.3. The Hall–Kier alpha value is -3.08. The van der Waals surface area contributed by atoms with Crippen molar-refractivity contribution in [2.24, 2.45) is 41.2 Å². The van der Waals surface area contributed by atoms with Crippen molar-refractivity contribution in [3.05, 3.63) is 59.4 Å². The maximum atomic E-state index is 13.9. The third kappa shape index (κ3) is 13.7. The maximum Gasteiger partial charge on any atom is 0.404 e. The van der Waals surface area contributed by atoms with Crippen molar-refractivity contribution in [3.63, 3.8) is 0 Å². The van der Waals surface area contributed by atoms with Crippen LogP contribution in [0.25, 0.3) is 0 Å². The van der Waals surface area contributed by atoms with Crippen LogP contribution in [0.2, 0.25) is 0 Å². The number of hydrogen-bond donors (Lipinski definition) is 5. The third-order valence-electron chi connectivity index (χ3n) is 12.6. The Morgan fingerprint density at radius 3 is 2.30 bits per heavy atom. The van der Waals surface area contributed by atoms with E-state index in [2.05, 4.69) is 0 Å². The highest BCUT2D eigenvalue weighted by atomic mass is 16.7. The van der Waals surface area contributed by atoms with Crippen molar-refractivity contribution >= 4 is 12.1 Å². The van der Waals surface area contributed by atoms with Gasteiger partial charge in [0.25, 0.3) is 0 Å². The number of methoxy groups -OCH3 is 2. The highest BCUT2D eigenvalue weighted by molar-refractivity contribution is 5.87. The molecule has 2 fully saturated rings. The second-order valence-corrected chi connectivity index (χ2v) is 17.3. The Labute approximate surface area is 357 Å². The largest absolute Gasteiger partial charge is 0.490 e. The quantitative estimate of drug-likeness (QED) is 0.126. The molecule has 0 aromatic heterocycles. The van der Waals surface area contributed by atoms with Crippen LogP contribution in [0, 0.1) is 35.5 Å². The molecule has 0 aromatic carbocycles. The van der Waals surface area contributed by atoms with Crippen molar-refractivity contribution in [3.8, 4) is 0 Å². The van der Waals surface area contributed by atoms with E-state index in [1.807, 2.05) is 78.8 Å². The van der Waals surface area contributed by atoms with E-state index in [1.54, 1.807) is 32.9 Å². The summed E-state index contributed by atoms with van der Waals surface area (Å²) in [7, 11) is 2.89. The zero-order valence-corrected chi connectivity index (χ0v) is 37.8. The van der Waals surface area contributed by atoms with E-state index >= 15 is 0 Å². The van der Waals surface area contributed by atoms with Gasteiger partial charge in [-0.25, -0.2) is 9.59 Å². The van der Waals surface area contributed by atoms with Crippen molar-refractivity contribution in [2.75, 3.05) is 14.2 Å². The SMILES string of the molecule is C/C=C/[C@H]1O[C@@H]([C@@H](C)[C@H](O)[C@H](C)[C@H]2OC(=O)/C(OC)=C/C(C)=C/[C@@H](C)[C@@H](O)[C@@H](CC)[C@@H](O)[C@H](C)C/C(C)=C/C=C/[C@@H]2OC)C[C@@H](O[C@@H]2C[C@H](O)[C@@H](OC(N)=O)[C@H](C)O2)[C@@H]1C. The molecule has 0 spiro atoms. The lowest BCUT2D eigenvalue weighted by atomic mass is 9.79. The van der Waals surface area contributed by atoms with Gasteiger partial charge in [-0.15, -0.1) is 0 Å². The number of allylic oxidation sites excluding steroid dienone is 6. The first kappa shape index (κ1) is 51.3. The van der Waals surface area contributed by atoms with Crippen LogP contribution in [-0.4, -0.2) is 120 Å². The zero-order valence-electron chi connectivity index (χ0n) is 37.8. The predicted octanol–water partition coefficient (Wildman–Crippen LogP) is 5.66. The van der Waals surface area contributed by atoms with E-state index in [0.717, 1.165) is 5.57 Å². The molecule has 2 saturated heterocycles. The number of nitrogens with two attached hydrogens (primary N) is 1. The van der Waals surface area contributed by atoms with Crippen LogP contribution in [0.3, 0.4) is 0 Å². The number of amides is 1. The lowest BCUT2D eigenvalue weighted by Crippen LogP contribution is -2.54. The Balaban J connectivity index is 1.96. The molecule has 0 aromatic rings. The number of aliphatic hydroxyl groups is 4. The smallest absolute Gasteiger partial charge is 0.404 e. The highest BCUT2D eigenvalue weighted by Gasteiger charge is 2.46. The van der Waals surface area contributed by atoms with Gasteiger partial charge in [0.05, 0.1) is 55.9 Å². The maximum absolute atomic E-state index is 13.9. The van der Waals surface area contributed by atoms with E-state index < -0.39 is 91.2 Å². The molecule has 14 heteroatoms.